The van der Waals surface area contributed by atoms with Gasteiger partial charge in [-0.05, 0) is 19.1 Å². The Balaban J connectivity index is 2.51. The summed E-state index contributed by atoms with van der Waals surface area (Å²) in [5.74, 6) is 0.495. The van der Waals surface area contributed by atoms with Gasteiger partial charge in [-0.2, -0.15) is 0 Å². The molecule has 1 aromatic carbocycles. The fourth-order valence-corrected chi connectivity index (χ4v) is 2.56. The molecule has 0 aromatic heterocycles. The molecule has 1 amide bonds. The lowest BCUT2D eigenvalue weighted by atomic mass is 9.78. The number of amides is 1. The monoisotopic (exact) mass is 329 g/mol. The van der Waals surface area contributed by atoms with Gasteiger partial charge in [-0.1, -0.05) is 15.9 Å². The zero-order valence-electron chi connectivity index (χ0n) is 10.5. The van der Waals surface area contributed by atoms with Gasteiger partial charge in [0.25, 0.3) is 0 Å². The van der Waals surface area contributed by atoms with Crippen LogP contribution in [0.15, 0.2) is 16.6 Å². The summed E-state index contributed by atoms with van der Waals surface area (Å²) in [7, 11) is 0.176. The van der Waals surface area contributed by atoms with Gasteiger partial charge >= 0.3 is 13.2 Å². The van der Waals surface area contributed by atoms with Crippen molar-refractivity contribution in [1.29, 1.82) is 0 Å². The van der Waals surface area contributed by atoms with E-state index in [-0.39, 0.29) is 0 Å². The minimum absolute atomic E-state index is 0.445. The predicted molar refractivity (Wildman–Crippen MR) is 72.5 cm³/mol. The lowest BCUT2D eigenvalue weighted by Crippen LogP contribution is -2.31. The van der Waals surface area contributed by atoms with E-state index < -0.39 is 19.4 Å². The largest absolute Gasteiger partial charge is 0.497 e. The van der Waals surface area contributed by atoms with E-state index in [1.807, 2.05) is 6.92 Å². The standard InChI is InChI=1S/C11H13BBrNO5/c1-3-18-7-5-4-6(13)8-9(7)12(17)19-10(8)14(2)11(15)16/h4-5,10,17H,3H2,1-2H3,(H,15,16). The highest BCUT2D eigenvalue weighted by molar-refractivity contribution is 9.10. The average Bonchev–Trinajstić information content (AvgIpc) is 2.71. The van der Waals surface area contributed by atoms with Crippen molar-refractivity contribution in [2.45, 2.75) is 13.2 Å². The molecule has 0 radical (unpaired) electrons. The lowest BCUT2D eigenvalue weighted by molar-refractivity contribution is 0.0416. The number of nitrogens with zero attached hydrogens (tertiary/aromatic N) is 1. The summed E-state index contributed by atoms with van der Waals surface area (Å²) in [5, 5.41) is 19.0. The summed E-state index contributed by atoms with van der Waals surface area (Å²) >= 11 is 3.35. The SMILES string of the molecule is CCOc1ccc(Br)c2c1B(O)OC2N(C)C(=O)O. The van der Waals surface area contributed by atoms with E-state index in [4.69, 9.17) is 14.5 Å². The smallest absolute Gasteiger partial charge is 0.494 e. The van der Waals surface area contributed by atoms with Crippen molar-refractivity contribution < 1.29 is 24.3 Å². The van der Waals surface area contributed by atoms with Crippen LogP contribution < -0.4 is 10.2 Å². The van der Waals surface area contributed by atoms with Crippen LogP contribution in [-0.4, -0.2) is 41.9 Å². The molecule has 1 heterocycles. The molecule has 1 atom stereocenters. The summed E-state index contributed by atoms with van der Waals surface area (Å²) in [6, 6.07) is 3.45. The predicted octanol–water partition coefficient (Wildman–Crippen LogP) is 1.17. The minimum atomic E-state index is -1.21. The van der Waals surface area contributed by atoms with Gasteiger partial charge in [0.1, 0.15) is 12.0 Å². The second kappa shape index (κ2) is 5.40. The van der Waals surface area contributed by atoms with Crippen molar-refractivity contribution in [1.82, 2.24) is 4.90 Å². The van der Waals surface area contributed by atoms with Crippen LogP contribution in [0.2, 0.25) is 0 Å². The average molecular weight is 330 g/mol. The van der Waals surface area contributed by atoms with E-state index in [1.165, 1.54) is 7.05 Å². The second-order valence-electron chi connectivity index (χ2n) is 4.04. The molecule has 0 saturated heterocycles. The van der Waals surface area contributed by atoms with Crippen LogP contribution >= 0.6 is 15.9 Å². The Hall–Kier alpha value is -1.25. The van der Waals surface area contributed by atoms with Gasteiger partial charge in [0.15, 0.2) is 0 Å². The topological polar surface area (TPSA) is 79.2 Å². The van der Waals surface area contributed by atoms with Gasteiger partial charge < -0.3 is 19.5 Å². The molecule has 0 aliphatic carbocycles. The summed E-state index contributed by atoms with van der Waals surface area (Å²) in [5.41, 5.74) is 1.04. The first-order valence-electron chi connectivity index (χ1n) is 5.71. The van der Waals surface area contributed by atoms with Gasteiger partial charge in [-0.25, -0.2) is 4.79 Å². The van der Waals surface area contributed by atoms with Gasteiger partial charge in [0, 0.05) is 22.5 Å². The molecule has 8 heteroatoms. The number of benzene rings is 1. The molecule has 102 valence electrons. The molecular formula is C11H13BBrNO5. The number of halogens is 1. The molecule has 1 unspecified atom stereocenters. The number of carbonyl (C=O) groups is 1. The molecule has 0 saturated carbocycles. The number of hydrogen-bond acceptors (Lipinski definition) is 4. The van der Waals surface area contributed by atoms with Crippen LogP contribution in [0.3, 0.4) is 0 Å². The zero-order chi connectivity index (χ0) is 14.2. The van der Waals surface area contributed by atoms with Crippen molar-refractivity contribution in [3.05, 3.63) is 22.2 Å². The van der Waals surface area contributed by atoms with Crippen LogP contribution in [0.25, 0.3) is 0 Å². The maximum atomic E-state index is 11.0. The number of ether oxygens (including phenoxy) is 1. The molecule has 0 spiro atoms. The summed E-state index contributed by atoms with van der Waals surface area (Å²) in [6.45, 7) is 2.28. The van der Waals surface area contributed by atoms with E-state index in [0.717, 1.165) is 4.90 Å². The Morgan fingerprint density at radius 2 is 2.32 bits per heavy atom. The maximum Gasteiger partial charge on any atom is 0.497 e. The molecule has 1 aromatic rings. The van der Waals surface area contributed by atoms with E-state index in [1.54, 1.807) is 12.1 Å². The van der Waals surface area contributed by atoms with Crippen LogP contribution in [0.4, 0.5) is 4.79 Å². The lowest BCUT2D eigenvalue weighted by Gasteiger charge is -2.23. The molecule has 19 heavy (non-hydrogen) atoms. The molecule has 1 aliphatic rings. The highest BCUT2D eigenvalue weighted by Gasteiger charge is 2.42. The maximum absolute atomic E-state index is 11.0. The Morgan fingerprint density at radius 1 is 1.63 bits per heavy atom. The minimum Gasteiger partial charge on any atom is -0.494 e. The van der Waals surface area contributed by atoms with Crippen molar-refractivity contribution in [3.63, 3.8) is 0 Å². The van der Waals surface area contributed by atoms with Gasteiger partial charge in [-0.15, -0.1) is 0 Å². The molecule has 2 rings (SSSR count). The fourth-order valence-electron chi connectivity index (χ4n) is 2.02. The van der Waals surface area contributed by atoms with Crippen molar-refractivity contribution >= 4 is 34.6 Å². The van der Waals surface area contributed by atoms with Crippen LogP contribution in [-0.2, 0) is 4.65 Å². The molecule has 6 nitrogen and oxygen atoms in total. The van der Waals surface area contributed by atoms with E-state index >= 15 is 0 Å². The first-order valence-corrected chi connectivity index (χ1v) is 6.51. The molecule has 0 fully saturated rings. The molecule has 1 aliphatic heterocycles. The normalized spacial score (nSPS) is 17.3. The number of fused-ring (bicyclic) bond motifs is 1. The highest BCUT2D eigenvalue weighted by Crippen LogP contribution is 2.35. The Bertz CT molecular complexity index is 512. The van der Waals surface area contributed by atoms with Crippen molar-refractivity contribution in [3.8, 4) is 5.75 Å². The third kappa shape index (κ3) is 2.43. The zero-order valence-corrected chi connectivity index (χ0v) is 12.0. The summed E-state index contributed by atoms with van der Waals surface area (Å²) in [6.07, 6.45) is -2.00. The number of carboxylic acid groups (broad SMARTS) is 1. The molecule has 2 N–H and O–H groups in total. The fraction of sp³-hybridized carbons (Fsp3) is 0.364. The first kappa shape index (κ1) is 14.2. The summed E-state index contributed by atoms with van der Waals surface area (Å²) in [4.78, 5) is 12.0. The number of rotatable bonds is 3. The van der Waals surface area contributed by atoms with Crippen molar-refractivity contribution in [2.24, 2.45) is 0 Å². The van der Waals surface area contributed by atoms with E-state index in [9.17, 15) is 9.82 Å². The summed E-state index contributed by atoms with van der Waals surface area (Å²) < 4.78 is 11.4. The van der Waals surface area contributed by atoms with Crippen LogP contribution in [0.1, 0.15) is 18.7 Å². The third-order valence-electron chi connectivity index (χ3n) is 2.90. The van der Waals surface area contributed by atoms with Gasteiger partial charge in [0.05, 0.1) is 6.61 Å². The van der Waals surface area contributed by atoms with Gasteiger partial charge in [0.2, 0.25) is 0 Å². The Labute approximate surface area is 119 Å². The van der Waals surface area contributed by atoms with E-state index in [2.05, 4.69) is 15.9 Å². The third-order valence-corrected chi connectivity index (χ3v) is 3.59. The van der Waals surface area contributed by atoms with E-state index in [0.29, 0.717) is 27.9 Å². The van der Waals surface area contributed by atoms with Crippen LogP contribution in [0.5, 0.6) is 5.75 Å². The van der Waals surface area contributed by atoms with Gasteiger partial charge in [-0.3, -0.25) is 4.90 Å². The Morgan fingerprint density at radius 3 is 2.89 bits per heavy atom. The molecular weight excluding hydrogens is 317 g/mol. The van der Waals surface area contributed by atoms with Crippen molar-refractivity contribution in [2.75, 3.05) is 13.7 Å². The molecule has 0 bridgehead atoms. The second-order valence-corrected chi connectivity index (χ2v) is 4.89. The highest BCUT2D eigenvalue weighted by atomic mass is 79.9. The van der Waals surface area contributed by atoms with Crippen LogP contribution in [0, 0.1) is 0 Å². The first-order chi connectivity index (χ1) is 8.97. The Kier molecular flexibility index (Phi) is 4.03. The quantitative estimate of drug-likeness (QED) is 0.814. The number of hydrogen-bond donors (Lipinski definition) is 2.